The summed E-state index contributed by atoms with van der Waals surface area (Å²) in [5.41, 5.74) is 1.96. The molecule has 2 aliphatic heterocycles. The molecule has 0 aromatic heterocycles. The Kier molecular flexibility index (Phi) is 11.5. The number of carbonyl (C=O) groups is 2. The predicted octanol–water partition coefficient (Wildman–Crippen LogP) is 5.36. The van der Waals surface area contributed by atoms with Crippen molar-refractivity contribution in [1.82, 2.24) is 9.80 Å². The van der Waals surface area contributed by atoms with Gasteiger partial charge in [-0.2, -0.15) is 0 Å². The van der Waals surface area contributed by atoms with E-state index in [0.717, 1.165) is 38.0 Å². The summed E-state index contributed by atoms with van der Waals surface area (Å²) in [4.78, 5) is 31.0. The summed E-state index contributed by atoms with van der Waals surface area (Å²) < 4.78 is 22.9. The van der Waals surface area contributed by atoms with Gasteiger partial charge in [0.05, 0.1) is 45.2 Å². The lowest BCUT2D eigenvalue weighted by Gasteiger charge is -2.29. The van der Waals surface area contributed by atoms with E-state index in [1.54, 1.807) is 30.2 Å². The van der Waals surface area contributed by atoms with Crippen molar-refractivity contribution < 1.29 is 33.6 Å². The van der Waals surface area contributed by atoms with Crippen molar-refractivity contribution in [2.75, 3.05) is 59.7 Å². The van der Waals surface area contributed by atoms with Crippen molar-refractivity contribution in [3.05, 3.63) is 58.7 Å². The molecule has 2 saturated heterocycles. The minimum atomic E-state index is -0.778. The number of aliphatic hydroxyl groups is 1. The van der Waals surface area contributed by atoms with Crippen LogP contribution in [0.2, 0.25) is 0 Å². The highest BCUT2D eigenvalue weighted by Crippen LogP contribution is 2.42. The number of hydrogen-bond donors (Lipinski definition) is 1. The van der Waals surface area contributed by atoms with E-state index in [2.05, 4.69) is 25.7 Å². The zero-order valence-electron chi connectivity index (χ0n) is 26.2. The maximum atomic E-state index is 13.6. The van der Waals surface area contributed by atoms with Gasteiger partial charge in [0, 0.05) is 31.7 Å². The predicted molar refractivity (Wildman–Crippen MR) is 166 cm³/mol. The molecule has 2 heterocycles. The van der Waals surface area contributed by atoms with E-state index in [1.165, 1.54) is 0 Å². The molecule has 2 fully saturated rings. The van der Waals surface area contributed by atoms with Gasteiger partial charge in [-0.05, 0) is 67.1 Å². The number of nitrogens with zero attached hydrogens (tertiary/aromatic N) is 2. The molecule has 43 heavy (non-hydrogen) atoms. The Morgan fingerprint density at radius 2 is 1.79 bits per heavy atom. The van der Waals surface area contributed by atoms with Gasteiger partial charge in [0.15, 0.2) is 11.5 Å². The summed E-state index contributed by atoms with van der Waals surface area (Å²) in [6, 6.07) is 10.0. The Balaban J connectivity index is 1.71. The highest BCUT2D eigenvalue weighted by Gasteiger charge is 2.46. The van der Waals surface area contributed by atoms with Crippen LogP contribution in [-0.2, 0) is 14.3 Å². The number of aliphatic hydroxyl groups excluding tert-OH is 1. The molecule has 2 aromatic rings. The molecule has 4 rings (SSSR count). The quantitative estimate of drug-likeness (QED) is 0.135. The molecule has 9 nitrogen and oxygen atoms in total. The number of methoxy groups -OCH3 is 1. The molecule has 1 N–H and O–H groups in total. The second-order valence-corrected chi connectivity index (χ2v) is 11.6. The third-order valence-corrected chi connectivity index (χ3v) is 7.81. The molecule has 0 saturated carbocycles. The average molecular weight is 595 g/mol. The molecular formula is C34H46N2O7. The summed E-state index contributed by atoms with van der Waals surface area (Å²) in [7, 11) is 1.57. The fourth-order valence-corrected chi connectivity index (χ4v) is 5.45. The van der Waals surface area contributed by atoms with Gasteiger partial charge in [-0.1, -0.05) is 33.3 Å². The first-order valence-electron chi connectivity index (χ1n) is 15.4. The molecule has 1 unspecified atom stereocenters. The first-order valence-corrected chi connectivity index (χ1v) is 15.4. The van der Waals surface area contributed by atoms with Crippen molar-refractivity contribution in [2.24, 2.45) is 5.92 Å². The molecule has 0 radical (unpaired) electrons. The normalized spacial score (nSPS) is 18.8. The van der Waals surface area contributed by atoms with E-state index in [1.807, 2.05) is 25.1 Å². The van der Waals surface area contributed by atoms with E-state index < -0.39 is 17.7 Å². The fourth-order valence-electron chi connectivity index (χ4n) is 5.45. The smallest absolute Gasteiger partial charge is 0.295 e. The highest BCUT2D eigenvalue weighted by molar-refractivity contribution is 6.46. The van der Waals surface area contributed by atoms with Gasteiger partial charge < -0.3 is 29.0 Å². The minimum absolute atomic E-state index is 0.0667. The molecule has 0 aliphatic carbocycles. The summed E-state index contributed by atoms with van der Waals surface area (Å²) in [5, 5.41) is 11.7. The van der Waals surface area contributed by atoms with Gasteiger partial charge in [-0.3, -0.25) is 14.5 Å². The maximum absolute atomic E-state index is 13.6. The number of likely N-dealkylation sites (tertiary alicyclic amines) is 1. The Bertz CT molecular complexity index is 1300. The van der Waals surface area contributed by atoms with Crippen LogP contribution in [-0.4, -0.2) is 86.3 Å². The molecule has 234 valence electrons. The van der Waals surface area contributed by atoms with Gasteiger partial charge in [-0.25, -0.2) is 0 Å². The van der Waals surface area contributed by atoms with E-state index in [-0.39, 0.29) is 11.3 Å². The molecule has 9 heteroatoms. The summed E-state index contributed by atoms with van der Waals surface area (Å²) in [6.07, 6.45) is 2.60. The number of amides is 1. The van der Waals surface area contributed by atoms with Crippen LogP contribution in [0.25, 0.3) is 5.76 Å². The molecule has 0 bridgehead atoms. The van der Waals surface area contributed by atoms with Crippen LogP contribution in [0.4, 0.5) is 0 Å². The molecule has 2 aliphatic rings. The van der Waals surface area contributed by atoms with Gasteiger partial charge in [0.1, 0.15) is 11.5 Å². The van der Waals surface area contributed by atoms with Crippen LogP contribution < -0.4 is 14.2 Å². The lowest BCUT2D eigenvalue weighted by Crippen LogP contribution is -2.39. The Labute approximate surface area is 255 Å². The van der Waals surface area contributed by atoms with Gasteiger partial charge in [0.25, 0.3) is 11.7 Å². The van der Waals surface area contributed by atoms with Crippen molar-refractivity contribution in [2.45, 2.75) is 53.0 Å². The molecule has 0 spiro atoms. The molecule has 1 atom stereocenters. The van der Waals surface area contributed by atoms with Crippen LogP contribution in [0.1, 0.15) is 62.8 Å². The lowest BCUT2D eigenvalue weighted by molar-refractivity contribution is -0.140. The minimum Gasteiger partial charge on any atom is -0.507 e. The number of ether oxygens (including phenoxy) is 4. The lowest BCUT2D eigenvalue weighted by atomic mass is 9.93. The topological polar surface area (TPSA) is 97.8 Å². The third kappa shape index (κ3) is 7.89. The monoisotopic (exact) mass is 594 g/mol. The SMILES string of the molecule is CCCCOc1ccc(C2C(=C(O)c3ccc(OCC(C)C)cc3C)C(=O)C(=O)N2CCCN2CCOCC2)cc1OC. The number of aryl methyl sites for hydroxylation is 1. The Morgan fingerprint density at radius 3 is 2.47 bits per heavy atom. The van der Waals surface area contributed by atoms with Gasteiger partial charge in [-0.15, -0.1) is 0 Å². The first-order chi connectivity index (χ1) is 20.7. The highest BCUT2D eigenvalue weighted by atomic mass is 16.5. The number of carbonyl (C=O) groups excluding carboxylic acids is 2. The number of Topliss-reactive ketones (excluding diaryl/α,β-unsaturated/α-hetero) is 1. The zero-order valence-corrected chi connectivity index (χ0v) is 26.2. The largest absolute Gasteiger partial charge is 0.507 e. The van der Waals surface area contributed by atoms with Crippen LogP contribution in [0, 0.1) is 12.8 Å². The van der Waals surface area contributed by atoms with Crippen LogP contribution in [0.5, 0.6) is 17.2 Å². The Hall–Kier alpha value is -3.56. The summed E-state index contributed by atoms with van der Waals surface area (Å²) in [5.74, 6) is 0.640. The average Bonchev–Trinajstić information content (AvgIpc) is 3.25. The van der Waals surface area contributed by atoms with E-state index in [0.29, 0.717) is 73.7 Å². The number of benzene rings is 2. The number of unbranched alkanes of at least 4 members (excludes halogenated alkanes) is 1. The fraction of sp³-hybridized carbons (Fsp3) is 0.529. The number of ketones is 1. The van der Waals surface area contributed by atoms with Crippen LogP contribution in [0.15, 0.2) is 42.0 Å². The molecule has 1 amide bonds. The number of morpholine rings is 1. The van der Waals surface area contributed by atoms with Crippen molar-refractivity contribution in [3.63, 3.8) is 0 Å². The first kappa shape index (κ1) is 32.4. The van der Waals surface area contributed by atoms with E-state index >= 15 is 0 Å². The number of hydrogen-bond acceptors (Lipinski definition) is 8. The summed E-state index contributed by atoms with van der Waals surface area (Å²) >= 11 is 0. The maximum Gasteiger partial charge on any atom is 0.295 e. The van der Waals surface area contributed by atoms with Crippen LogP contribution in [0.3, 0.4) is 0 Å². The second-order valence-electron chi connectivity index (χ2n) is 11.6. The zero-order chi connectivity index (χ0) is 30.9. The van der Waals surface area contributed by atoms with Crippen LogP contribution >= 0.6 is 0 Å². The van der Waals surface area contributed by atoms with Gasteiger partial charge >= 0.3 is 0 Å². The van der Waals surface area contributed by atoms with Crippen molar-refractivity contribution >= 4 is 17.4 Å². The number of rotatable bonds is 14. The van der Waals surface area contributed by atoms with E-state index in [4.69, 9.17) is 18.9 Å². The standard InChI is InChI=1S/C34H46N2O7/c1-6-7-17-42-28-12-9-25(21-29(28)40-5)31-30(32(37)27-11-10-26(20-24(27)4)43-22-23(2)3)33(38)34(39)36(31)14-8-13-35-15-18-41-19-16-35/h9-12,20-21,23,31,37H,6-8,13-19,22H2,1-5H3. The third-order valence-electron chi connectivity index (χ3n) is 7.81. The molecule has 2 aromatic carbocycles. The van der Waals surface area contributed by atoms with Gasteiger partial charge in [0.2, 0.25) is 0 Å². The van der Waals surface area contributed by atoms with Crippen molar-refractivity contribution in [1.29, 1.82) is 0 Å². The van der Waals surface area contributed by atoms with Crippen molar-refractivity contribution in [3.8, 4) is 17.2 Å². The second kappa shape index (κ2) is 15.3. The van der Waals surface area contributed by atoms with E-state index in [9.17, 15) is 14.7 Å². The Morgan fingerprint density at radius 1 is 1.02 bits per heavy atom. The molecular weight excluding hydrogens is 548 g/mol. The summed E-state index contributed by atoms with van der Waals surface area (Å²) in [6.45, 7) is 13.4.